The fourth-order valence-corrected chi connectivity index (χ4v) is 2.33. The Hall–Kier alpha value is -1.40. The van der Waals surface area contributed by atoms with Crippen molar-refractivity contribution in [1.29, 1.82) is 5.41 Å². The minimum absolute atomic E-state index is 0.0552. The maximum Gasteiger partial charge on any atom is 0.146 e. The zero-order valence-corrected chi connectivity index (χ0v) is 12.3. The van der Waals surface area contributed by atoms with Crippen LogP contribution >= 0.6 is 31.9 Å². The van der Waals surface area contributed by atoms with E-state index in [1.54, 1.807) is 24.5 Å². The van der Waals surface area contributed by atoms with Gasteiger partial charge in [-0.2, -0.15) is 0 Å². The van der Waals surface area contributed by atoms with Gasteiger partial charge in [-0.3, -0.25) is 10.4 Å². The van der Waals surface area contributed by atoms with E-state index in [4.69, 9.17) is 15.9 Å². The summed E-state index contributed by atoms with van der Waals surface area (Å²) >= 11 is 6.67. The van der Waals surface area contributed by atoms with Crippen molar-refractivity contribution in [1.82, 2.24) is 4.98 Å². The number of benzene rings is 1. The normalized spacial score (nSPS) is 10.1. The van der Waals surface area contributed by atoms with Gasteiger partial charge >= 0.3 is 0 Å². The van der Waals surface area contributed by atoms with Crippen LogP contribution in [-0.2, 0) is 0 Å². The first-order chi connectivity index (χ1) is 8.58. The van der Waals surface area contributed by atoms with Gasteiger partial charge in [0.05, 0.1) is 11.8 Å². The van der Waals surface area contributed by atoms with Crippen LogP contribution in [0.15, 0.2) is 45.6 Å². The molecule has 0 saturated heterocycles. The minimum atomic E-state index is -0.0552. The number of pyridine rings is 1. The molecular formula is C12H9Br2N3O. The zero-order valence-electron chi connectivity index (χ0n) is 9.15. The van der Waals surface area contributed by atoms with E-state index in [1.165, 1.54) is 0 Å². The summed E-state index contributed by atoms with van der Waals surface area (Å²) in [5, 5.41) is 7.57. The molecule has 3 N–H and O–H groups in total. The molecule has 0 aliphatic carbocycles. The highest BCUT2D eigenvalue weighted by Crippen LogP contribution is 2.30. The molecule has 0 saturated carbocycles. The van der Waals surface area contributed by atoms with Gasteiger partial charge in [-0.15, -0.1) is 0 Å². The van der Waals surface area contributed by atoms with Crippen LogP contribution in [0.1, 0.15) is 5.56 Å². The molecule has 0 unspecified atom stereocenters. The summed E-state index contributed by atoms with van der Waals surface area (Å²) in [5.74, 6) is 1.03. The molecular weight excluding hydrogens is 362 g/mol. The van der Waals surface area contributed by atoms with Gasteiger partial charge in [-0.25, -0.2) is 0 Å². The lowest BCUT2D eigenvalue weighted by Crippen LogP contribution is -2.13. The third kappa shape index (κ3) is 2.88. The number of aromatic nitrogens is 1. The fraction of sp³-hybridized carbons (Fsp3) is 0. The molecule has 0 aliphatic rings. The lowest BCUT2D eigenvalue weighted by molar-refractivity contribution is 0.478. The first-order valence-corrected chi connectivity index (χ1v) is 6.58. The van der Waals surface area contributed by atoms with Gasteiger partial charge < -0.3 is 10.5 Å². The predicted molar refractivity (Wildman–Crippen MR) is 77.2 cm³/mol. The molecule has 0 bridgehead atoms. The van der Waals surface area contributed by atoms with Crippen LogP contribution in [0.25, 0.3) is 0 Å². The molecule has 0 radical (unpaired) electrons. The molecule has 92 valence electrons. The number of rotatable bonds is 3. The SMILES string of the molecule is N=C(N)c1c(Br)cccc1Oc1cncc(Br)c1. The highest BCUT2D eigenvalue weighted by molar-refractivity contribution is 9.10. The van der Waals surface area contributed by atoms with E-state index in [0.717, 1.165) is 8.95 Å². The van der Waals surface area contributed by atoms with Crippen molar-refractivity contribution in [2.24, 2.45) is 5.73 Å². The van der Waals surface area contributed by atoms with Crippen LogP contribution in [0, 0.1) is 5.41 Å². The largest absolute Gasteiger partial charge is 0.455 e. The van der Waals surface area contributed by atoms with E-state index in [1.807, 2.05) is 12.1 Å². The van der Waals surface area contributed by atoms with E-state index in [2.05, 4.69) is 36.8 Å². The summed E-state index contributed by atoms with van der Waals surface area (Å²) in [6, 6.07) is 7.17. The van der Waals surface area contributed by atoms with Gasteiger partial charge in [0.25, 0.3) is 0 Å². The molecule has 0 spiro atoms. The molecule has 0 atom stereocenters. The van der Waals surface area contributed by atoms with Crippen molar-refractivity contribution in [3.8, 4) is 11.5 Å². The second kappa shape index (κ2) is 5.49. The number of nitrogens with two attached hydrogens (primary N) is 1. The number of nitrogen functional groups attached to an aromatic ring is 1. The lowest BCUT2D eigenvalue weighted by Gasteiger charge is -2.11. The van der Waals surface area contributed by atoms with Gasteiger partial charge in [-0.05, 0) is 50.1 Å². The third-order valence-corrected chi connectivity index (χ3v) is 3.25. The molecule has 1 aromatic heterocycles. The van der Waals surface area contributed by atoms with Gasteiger partial charge in [0, 0.05) is 15.1 Å². The summed E-state index contributed by atoms with van der Waals surface area (Å²) in [6.07, 6.45) is 3.26. The van der Waals surface area contributed by atoms with Crippen molar-refractivity contribution in [2.75, 3.05) is 0 Å². The monoisotopic (exact) mass is 369 g/mol. The van der Waals surface area contributed by atoms with Crippen LogP contribution in [-0.4, -0.2) is 10.8 Å². The molecule has 0 fully saturated rings. The maximum absolute atomic E-state index is 7.57. The lowest BCUT2D eigenvalue weighted by atomic mass is 10.2. The highest BCUT2D eigenvalue weighted by atomic mass is 79.9. The smallest absolute Gasteiger partial charge is 0.146 e. The highest BCUT2D eigenvalue weighted by Gasteiger charge is 2.11. The van der Waals surface area contributed by atoms with Crippen molar-refractivity contribution >= 4 is 37.7 Å². The Bertz CT molecular complexity index is 602. The van der Waals surface area contributed by atoms with Gasteiger partial charge in [0.15, 0.2) is 0 Å². The Labute approximate surface area is 121 Å². The second-order valence-electron chi connectivity index (χ2n) is 3.47. The average molecular weight is 371 g/mol. The molecule has 2 rings (SSSR count). The van der Waals surface area contributed by atoms with Gasteiger partial charge in [0.1, 0.15) is 17.3 Å². The quantitative estimate of drug-likeness (QED) is 0.639. The molecule has 6 heteroatoms. The zero-order chi connectivity index (χ0) is 13.1. The van der Waals surface area contributed by atoms with E-state index in [-0.39, 0.29) is 5.84 Å². The van der Waals surface area contributed by atoms with Gasteiger partial charge in [0.2, 0.25) is 0 Å². The Balaban J connectivity index is 2.40. The molecule has 4 nitrogen and oxygen atoms in total. The Kier molecular flexibility index (Phi) is 3.98. The summed E-state index contributed by atoms with van der Waals surface area (Å²) in [5.41, 5.74) is 6.07. The Morgan fingerprint density at radius 2 is 2.06 bits per heavy atom. The number of nitrogens with one attached hydrogen (secondary N) is 1. The number of ether oxygens (including phenoxy) is 1. The van der Waals surface area contributed by atoms with Crippen molar-refractivity contribution in [3.63, 3.8) is 0 Å². The molecule has 0 aliphatic heterocycles. The third-order valence-electron chi connectivity index (χ3n) is 2.15. The second-order valence-corrected chi connectivity index (χ2v) is 5.24. The van der Waals surface area contributed by atoms with E-state index >= 15 is 0 Å². The Morgan fingerprint density at radius 1 is 1.28 bits per heavy atom. The van der Waals surface area contributed by atoms with Crippen LogP contribution in [0.5, 0.6) is 11.5 Å². The summed E-state index contributed by atoms with van der Waals surface area (Å²) in [6.45, 7) is 0. The maximum atomic E-state index is 7.57. The predicted octanol–water partition coefficient (Wildman–Crippen LogP) is 3.68. The number of halogens is 2. The van der Waals surface area contributed by atoms with Crippen LogP contribution in [0.4, 0.5) is 0 Å². The van der Waals surface area contributed by atoms with Crippen molar-refractivity contribution < 1.29 is 4.74 Å². The molecule has 1 heterocycles. The van der Waals surface area contributed by atoms with Crippen molar-refractivity contribution in [3.05, 3.63) is 51.2 Å². The van der Waals surface area contributed by atoms with Crippen molar-refractivity contribution in [2.45, 2.75) is 0 Å². The van der Waals surface area contributed by atoms with E-state index in [9.17, 15) is 0 Å². The summed E-state index contributed by atoms with van der Waals surface area (Å²) in [4.78, 5) is 4.01. The average Bonchev–Trinajstić information content (AvgIpc) is 2.28. The molecule has 2 aromatic rings. The standard InChI is InChI=1S/C12H9Br2N3O/c13-7-4-8(6-17-5-7)18-10-3-1-2-9(14)11(10)12(15)16/h1-6H,(H3,15,16). The first kappa shape index (κ1) is 13.0. The Morgan fingerprint density at radius 3 is 2.72 bits per heavy atom. The number of nitrogens with zero attached hydrogens (tertiary/aromatic N) is 1. The van der Waals surface area contributed by atoms with Crippen LogP contribution in [0.3, 0.4) is 0 Å². The number of hydrogen-bond acceptors (Lipinski definition) is 3. The van der Waals surface area contributed by atoms with E-state index in [0.29, 0.717) is 17.1 Å². The molecule has 18 heavy (non-hydrogen) atoms. The topological polar surface area (TPSA) is 72.0 Å². The first-order valence-electron chi connectivity index (χ1n) is 4.99. The summed E-state index contributed by atoms with van der Waals surface area (Å²) < 4.78 is 7.23. The van der Waals surface area contributed by atoms with Gasteiger partial charge in [-0.1, -0.05) is 6.07 Å². The van der Waals surface area contributed by atoms with Crippen LogP contribution in [0.2, 0.25) is 0 Å². The summed E-state index contributed by atoms with van der Waals surface area (Å²) in [7, 11) is 0. The molecule has 1 aromatic carbocycles. The minimum Gasteiger partial charge on any atom is -0.455 e. The fourth-order valence-electron chi connectivity index (χ4n) is 1.43. The number of amidine groups is 1. The van der Waals surface area contributed by atoms with E-state index < -0.39 is 0 Å². The molecule has 0 amide bonds. The van der Waals surface area contributed by atoms with Crippen LogP contribution < -0.4 is 10.5 Å². The number of hydrogen-bond donors (Lipinski definition) is 2.